The zero-order valence-electron chi connectivity index (χ0n) is 14.3. The van der Waals surface area contributed by atoms with Gasteiger partial charge in [-0.3, -0.25) is 10.1 Å². The minimum absolute atomic E-state index is 0.0635. The van der Waals surface area contributed by atoms with E-state index in [9.17, 15) is 28.5 Å². The first-order valence-corrected chi connectivity index (χ1v) is 8.66. The fraction of sp³-hybridized carbons (Fsp3) is 0.125. The Morgan fingerprint density at radius 2 is 1.39 bits per heavy atom. The number of carbonyl (C=O) groups is 2. The number of non-ortho nitro benzene ring substituents is 1. The van der Waals surface area contributed by atoms with Crippen LogP contribution in [0.1, 0.15) is 20.7 Å². The van der Waals surface area contributed by atoms with E-state index in [2.05, 4.69) is 41.3 Å². The number of rotatable bonds is 3. The second-order valence-electron chi connectivity index (χ2n) is 4.89. The van der Waals surface area contributed by atoms with E-state index in [0.717, 1.165) is 25.3 Å². The second kappa shape index (κ2) is 10.1. The molecule has 2 aromatic carbocycles. The van der Waals surface area contributed by atoms with Gasteiger partial charge in [0.15, 0.2) is 0 Å². The minimum Gasteiger partial charge on any atom is -0.465 e. The largest absolute Gasteiger partial charge is 0.465 e. The maximum atomic E-state index is 13.1. The van der Waals surface area contributed by atoms with Crippen molar-refractivity contribution in [3.8, 4) is 0 Å². The van der Waals surface area contributed by atoms with Gasteiger partial charge in [-0.2, -0.15) is 0 Å². The fourth-order valence-electron chi connectivity index (χ4n) is 1.81. The van der Waals surface area contributed by atoms with Crippen molar-refractivity contribution < 1.29 is 32.8 Å². The summed E-state index contributed by atoms with van der Waals surface area (Å²) in [5, 5.41) is 10.4. The Hall–Kier alpha value is -2.60. The van der Waals surface area contributed by atoms with Gasteiger partial charge in [0.25, 0.3) is 5.69 Å². The lowest BCUT2D eigenvalue weighted by molar-refractivity contribution is -0.385. The molecule has 0 heterocycles. The van der Waals surface area contributed by atoms with Crippen LogP contribution in [-0.4, -0.2) is 31.1 Å². The predicted molar refractivity (Wildman–Crippen MR) is 102 cm³/mol. The second-order valence-corrected chi connectivity index (χ2v) is 6.48. The van der Waals surface area contributed by atoms with Crippen molar-refractivity contribution in [2.75, 3.05) is 20.0 Å². The highest BCUT2D eigenvalue weighted by Crippen LogP contribution is 2.27. The standard InChI is InChI=1S/C8H5BrFNO4.C8H7BrFNO2/c1-15-8(12)5-2-4(11(13)14)3-6(10)7(5)9;1-13-8(12)5-2-4(11)3-6(10)7(5)9/h2-3H,1H3;2-3H,11H2,1H3. The van der Waals surface area contributed by atoms with Gasteiger partial charge in [0.05, 0.1) is 45.3 Å². The summed E-state index contributed by atoms with van der Waals surface area (Å²) in [4.78, 5) is 31.8. The summed E-state index contributed by atoms with van der Waals surface area (Å²) in [5.41, 5.74) is 4.90. The van der Waals surface area contributed by atoms with Crippen molar-refractivity contribution in [1.29, 1.82) is 0 Å². The summed E-state index contributed by atoms with van der Waals surface area (Å²) in [6.07, 6.45) is 0. The van der Waals surface area contributed by atoms with E-state index in [-0.39, 0.29) is 25.8 Å². The van der Waals surface area contributed by atoms with Crippen LogP contribution in [0.15, 0.2) is 33.2 Å². The van der Waals surface area contributed by atoms with Gasteiger partial charge in [-0.25, -0.2) is 18.4 Å². The van der Waals surface area contributed by atoms with Crippen molar-refractivity contribution in [2.24, 2.45) is 0 Å². The molecule has 0 bridgehead atoms. The Balaban J connectivity index is 0.000000283. The summed E-state index contributed by atoms with van der Waals surface area (Å²) in [6.45, 7) is 0. The monoisotopic (exact) mass is 524 g/mol. The lowest BCUT2D eigenvalue weighted by Gasteiger charge is -2.04. The molecule has 2 aromatic rings. The van der Waals surface area contributed by atoms with Gasteiger partial charge in [0, 0.05) is 11.8 Å². The Morgan fingerprint density at radius 1 is 0.964 bits per heavy atom. The first kappa shape index (κ1) is 23.4. The lowest BCUT2D eigenvalue weighted by Crippen LogP contribution is -2.04. The van der Waals surface area contributed by atoms with Gasteiger partial charge in [0.2, 0.25) is 0 Å². The normalized spacial score (nSPS) is 9.79. The van der Waals surface area contributed by atoms with Crippen molar-refractivity contribution in [3.63, 3.8) is 0 Å². The van der Waals surface area contributed by atoms with Crippen LogP contribution in [0, 0.1) is 21.7 Å². The van der Waals surface area contributed by atoms with Crippen molar-refractivity contribution in [2.45, 2.75) is 0 Å². The minimum atomic E-state index is -0.885. The van der Waals surface area contributed by atoms with Crippen LogP contribution < -0.4 is 5.73 Å². The van der Waals surface area contributed by atoms with Crippen molar-refractivity contribution in [1.82, 2.24) is 0 Å². The van der Waals surface area contributed by atoms with E-state index in [1.54, 1.807) is 0 Å². The van der Waals surface area contributed by atoms with E-state index in [1.165, 1.54) is 13.2 Å². The van der Waals surface area contributed by atoms with Crippen LogP contribution in [0.2, 0.25) is 0 Å². The van der Waals surface area contributed by atoms with Crippen LogP contribution in [0.4, 0.5) is 20.2 Å². The van der Waals surface area contributed by atoms with Crippen LogP contribution in [0.3, 0.4) is 0 Å². The number of esters is 2. The number of carbonyl (C=O) groups excluding carboxylic acids is 2. The third kappa shape index (κ3) is 5.70. The molecule has 28 heavy (non-hydrogen) atoms. The molecule has 12 heteroatoms. The summed E-state index contributed by atoms with van der Waals surface area (Å²) in [7, 11) is 2.32. The highest BCUT2D eigenvalue weighted by molar-refractivity contribution is 9.10. The van der Waals surface area contributed by atoms with E-state index in [0.29, 0.717) is 0 Å². The molecule has 0 aromatic heterocycles. The molecule has 0 unspecified atom stereocenters. The number of hydrogen-bond acceptors (Lipinski definition) is 7. The maximum absolute atomic E-state index is 13.1. The SMILES string of the molecule is COC(=O)c1cc(N)cc(F)c1Br.COC(=O)c1cc([N+](=O)[O-])cc(F)c1Br. The number of methoxy groups -OCH3 is 2. The molecule has 0 aliphatic carbocycles. The number of benzene rings is 2. The number of ether oxygens (including phenoxy) is 2. The quantitative estimate of drug-likeness (QED) is 0.275. The average molecular weight is 526 g/mol. The van der Waals surface area contributed by atoms with Crippen LogP contribution in [0.5, 0.6) is 0 Å². The summed E-state index contributed by atoms with van der Waals surface area (Å²) >= 11 is 5.73. The van der Waals surface area contributed by atoms with E-state index >= 15 is 0 Å². The molecule has 0 saturated heterocycles. The Morgan fingerprint density at radius 3 is 1.82 bits per heavy atom. The molecule has 8 nitrogen and oxygen atoms in total. The van der Waals surface area contributed by atoms with Gasteiger partial charge in [-0.15, -0.1) is 0 Å². The van der Waals surface area contributed by atoms with Gasteiger partial charge >= 0.3 is 11.9 Å². The first-order valence-electron chi connectivity index (χ1n) is 7.08. The zero-order valence-corrected chi connectivity index (χ0v) is 17.5. The summed E-state index contributed by atoms with van der Waals surface area (Å²) in [5.74, 6) is -2.94. The Bertz CT molecular complexity index is 940. The van der Waals surface area contributed by atoms with Gasteiger partial charge in [0.1, 0.15) is 11.6 Å². The molecule has 150 valence electrons. The maximum Gasteiger partial charge on any atom is 0.339 e. The summed E-state index contributed by atoms with van der Waals surface area (Å²) in [6, 6.07) is 4.13. The Kier molecular flexibility index (Phi) is 8.44. The molecule has 0 spiro atoms. The highest BCUT2D eigenvalue weighted by atomic mass is 79.9. The van der Waals surface area contributed by atoms with Crippen molar-refractivity contribution >= 4 is 55.2 Å². The number of nitrogen functional groups attached to an aromatic ring is 1. The predicted octanol–water partition coefficient (Wildman–Crippen LogP) is 4.24. The third-order valence-corrected chi connectivity index (χ3v) is 4.70. The van der Waals surface area contributed by atoms with Gasteiger partial charge in [-0.1, -0.05) is 0 Å². The van der Waals surface area contributed by atoms with Crippen LogP contribution in [-0.2, 0) is 9.47 Å². The van der Waals surface area contributed by atoms with E-state index in [1.807, 2.05) is 0 Å². The number of nitrogens with zero attached hydrogens (tertiary/aromatic N) is 1. The first-order chi connectivity index (χ1) is 13.0. The third-order valence-electron chi connectivity index (χ3n) is 3.08. The van der Waals surface area contributed by atoms with Crippen LogP contribution >= 0.6 is 31.9 Å². The molecule has 0 atom stereocenters. The molecule has 0 radical (unpaired) electrons. The summed E-state index contributed by atoms with van der Waals surface area (Å²) < 4.78 is 34.8. The molecule has 0 fully saturated rings. The Labute approximate surface area is 174 Å². The van der Waals surface area contributed by atoms with E-state index in [4.69, 9.17) is 5.73 Å². The molecule has 2 rings (SSSR count). The number of nitrogens with two attached hydrogens (primary N) is 1. The molecule has 2 N–H and O–H groups in total. The molecule has 0 aliphatic heterocycles. The zero-order chi connectivity index (χ0) is 21.6. The van der Waals surface area contributed by atoms with Gasteiger partial charge < -0.3 is 15.2 Å². The highest BCUT2D eigenvalue weighted by Gasteiger charge is 2.20. The lowest BCUT2D eigenvalue weighted by atomic mass is 10.2. The molecule has 0 saturated carbocycles. The molecule has 0 aliphatic rings. The number of anilines is 1. The fourth-order valence-corrected chi connectivity index (χ4v) is 2.59. The average Bonchev–Trinajstić information content (AvgIpc) is 2.65. The topological polar surface area (TPSA) is 122 Å². The molecular weight excluding hydrogens is 514 g/mol. The smallest absolute Gasteiger partial charge is 0.339 e. The van der Waals surface area contributed by atoms with Crippen LogP contribution in [0.25, 0.3) is 0 Å². The number of nitro benzene ring substituents is 1. The number of halogens is 4. The van der Waals surface area contributed by atoms with Gasteiger partial charge in [-0.05, 0) is 44.0 Å². The number of nitro groups is 1. The number of hydrogen-bond donors (Lipinski definition) is 1. The van der Waals surface area contributed by atoms with E-state index < -0.39 is 34.2 Å². The van der Waals surface area contributed by atoms with Crippen molar-refractivity contribution in [3.05, 3.63) is 66.1 Å². The molecule has 0 amide bonds. The molecular formula is C16H12Br2F2N2O6.